The lowest BCUT2D eigenvalue weighted by molar-refractivity contribution is -0.133. The van der Waals surface area contributed by atoms with Gasteiger partial charge in [-0.15, -0.1) is 0 Å². The molecule has 2 aromatic rings. The summed E-state index contributed by atoms with van der Waals surface area (Å²) < 4.78 is 1.84. The third-order valence-electron chi connectivity index (χ3n) is 6.59. The fourth-order valence-corrected chi connectivity index (χ4v) is 4.97. The van der Waals surface area contributed by atoms with Gasteiger partial charge in [-0.2, -0.15) is 16.9 Å². The molecular weight excluding hydrogens is 500 g/mol. The maximum atomic E-state index is 13.4. The first-order valence-electron chi connectivity index (χ1n) is 13.6. The van der Waals surface area contributed by atoms with Crippen molar-refractivity contribution in [1.29, 1.82) is 0 Å². The Labute approximate surface area is 230 Å². The Hall–Kier alpha value is -2.88. The van der Waals surface area contributed by atoms with Crippen LogP contribution in [0.2, 0.25) is 0 Å². The van der Waals surface area contributed by atoms with Crippen molar-refractivity contribution in [3.8, 4) is 11.4 Å². The molecule has 3 rings (SSSR count). The van der Waals surface area contributed by atoms with Gasteiger partial charge in [-0.25, -0.2) is 9.67 Å². The molecule has 1 aliphatic heterocycles. The summed E-state index contributed by atoms with van der Waals surface area (Å²) in [6.07, 6.45) is 3.75. The second kappa shape index (κ2) is 14.3. The van der Waals surface area contributed by atoms with Crippen molar-refractivity contribution in [3.05, 3.63) is 36.2 Å². The Kier molecular flexibility index (Phi) is 11.2. The van der Waals surface area contributed by atoms with Crippen LogP contribution in [0.5, 0.6) is 0 Å². The summed E-state index contributed by atoms with van der Waals surface area (Å²) >= 11 is 1.64. The summed E-state index contributed by atoms with van der Waals surface area (Å²) in [5.41, 5.74) is 0.886. The molecule has 3 amide bonds. The molecule has 0 bridgehead atoms. The van der Waals surface area contributed by atoms with Gasteiger partial charge in [0.25, 0.3) is 0 Å². The van der Waals surface area contributed by atoms with Gasteiger partial charge in [-0.3, -0.25) is 14.4 Å². The molecule has 2 atom stereocenters. The van der Waals surface area contributed by atoms with Crippen LogP contribution in [0.1, 0.15) is 65.2 Å². The van der Waals surface area contributed by atoms with Crippen LogP contribution in [0.25, 0.3) is 11.4 Å². The monoisotopic (exact) mass is 542 g/mol. The van der Waals surface area contributed by atoms with Crippen LogP contribution in [-0.2, 0) is 20.9 Å². The molecule has 0 aliphatic carbocycles. The minimum atomic E-state index is -0.636. The number of carbonyl (C=O) groups excluding carboxylic acids is 3. The number of fused-ring (bicyclic) bond motifs is 1. The molecule has 0 saturated heterocycles. The zero-order valence-corrected chi connectivity index (χ0v) is 24.1. The molecule has 0 saturated carbocycles. The predicted octanol–water partition coefficient (Wildman–Crippen LogP) is 3.66. The molecule has 0 fully saturated rings. The van der Waals surface area contributed by atoms with Crippen LogP contribution < -0.4 is 10.6 Å². The number of hydrogen-bond donors (Lipinski definition) is 2. The summed E-state index contributed by atoms with van der Waals surface area (Å²) in [5.74, 6) is 1.92. The molecule has 10 heteroatoms. The molecule has 2 N–H and O–H groups in total. The largest absolute Gasteiger partial charge is 0.344 e. The van der Waals surface area contributed by atoms with Gasteiger partial charge in [0.05, 0.1) is 12.6 Å². The molecule has 0 spiro atoms. The van der Waals surface area contributed by atoms with Gasteiger partial charge in [0.2, 0.25) is 17.7 Å². The summed E-state index contributed by atoms with van der Waals surface area (Å²) in [6, 6.07) is 8.70. The van der Waals surface area contributed by atoms with Gasteiger partial charge in [0, 0.05) is 31.5 Å². The first-order valence-corrected chi connectivity index (χ1v) is 15.0. The van der Waals surface area contributed by atoms with E-state index < -0.39 is 12.1 Å². The summed E-state index contributed by atoms with van der Waals surface area (Å²) in [5, 5.41) is 10.9. The first kappa shape index (κ1) is 29.7. The molecule has 2 heterocycles. The van der Waals surface area contributed by atoms with E-state index in [1.165, 1.54) is 0 Å². The second-order valence-corrected chi connectivity index (χ2v) is 11.6. The lowest BCUT2D eigenvalue weighted by Crippen LogP contribution is -2.49. The first-order chi connectivity index (χ1) is 18.2. The van der Waals surface area contributed by atoms with Crippen molar-refractivity contribution >= 4 is 29.5 Å². The van der Waals surface area contributed by atoms with Crippen LogP contribution in [-0.4, -0.2) is 68.5 Å². The quantitative estimate of drug-likeness (QED) is 0.553. The summed E-state index contributed by atoms with van der Waals surface area (Å²) in [4.78, 5) is 46.0. The Morgan fingerprint density at radius 1 is 1.08 bits per heavy atom. The Balaban J connectivity index is 2.02. The molecule has 1 aromatic carbocycles. The highest BCUT2D eigenvalue weighted by molar-refractivity contribution is 7.98. The zero-order valence-electron chi connectivity index (χ0n) is 23.3. The number of thioether (sulfide) groups is 1. The van der Waals surface area contributed by atoms with Crippen LogP contribution in [0.4, 0.5) is 0 Å². The average Bonchev–Trinajstić information content (AvgIpc) is 3.30. The number of nitrogens with zero attached hydrogens (tertiary/aromatic N) is 4. The molecule has 1 aromatic heterocycles. The Bertz CT molecular complexity index is 1070. The lowest BCUT2D eigenvalue weighted by Gasteiger charge is -2.28. The maximum Gasteiger partial charge on any atom is 0.243 e. The minimum Gasteiger partial charge on any atom is -0.344 e. The van der Waals surface area contributed by atoms with Crippen molar-refractivity contribution in [2.75, 3.05) is 25.1 Å². The summed E-state index contributed by atoms with van der Waals surface area (Å²) in [6.45, 7) is 9.49. The van der Waals surface area contributed by atoms with Gasteiger partial charge >= 0.3 is 0 Å². The maximum absolute atomic E-state index is 13.4. The molecule has 9 nitrogen and oxygen atoms in total. The second-order valence-electron chi connectivity index (χ2n) is 10.6. The lowest BCUT2D eigenvalue weighted by atomic mass is 10.0. The number of nitrogens with one attached hydrogen (secondary N) is 2. The zero-order chi connectivity index (χ0) is 27.7. The number of rotatable bonds is 7. The van der Waals surface area contributed by atoms with E-state index in [-0.39, 0.29) is 36.0 Å². The van der Waals surface area contributed by atoms with Crippen molar-refractivity contribution in [3.63, 3.8) is 0 Å². The minimum absolute atomic E-state index is 0.0222. The molecule has 1 aliphatic rings. The van der Waals surface area contributed by atoms with E-state index in [4.69, 9.17) is 10.1 Å². The SMILES string of the molecule is CSCC[C@@H]1NC(=O)CCCN(C(=O)CC(C)C)CCn2nc(-c3ccccc3)nc2[C@@H](C(C)C)NC1=O. The van der Waals surface area contributed by atoms with E-state index in [2.05, 4.69) is 10.6 Å². The van der Waals surface area contributed by atoms with Gasteiger partial charge in [0.15, 0.2) is 11.6 Å². The van der Waals surface area contributed by atoms with Crippen molar-refractivity contribution in [1.82, 2.24) is 30.3 Å². The van der Waals surface area contributed by atoms with E-state index in [0.717, 1.165) is 11.3 Å². The third kappa shape index (κ3) is 8.31. The number of hydrogen-bond acceptors (Lipinski definition) is 6. The average molecular weight is 543 g/mol. The van der Waals surface area contributed by atoms with Crippen LogP contribution in [0.15, 0.2) is 30.3 Å². The van der Waals surface area contributed by atoms with Gasteiger partial charge in [-0.1, -0.05) is 58.0 Å². The normalized spacial score (nSPS) is 19.6. The van der Waals surface area contributed by atoms with Gasteiger partial charge < -0.3 is 15.5 Å². The van der Waals surface area contributed by atoms with Gasteiger partial charge in [-0.05, 0) is 36.7 Å². The predicted molar refractivity (Wildman–Crippen MR) is 151 cm³/mol. The van der Waals surface area contributed by atoms with Crippen molar-refractivity contribution in [2.45, 2.75) is 72.0 Å². The molecule has 0 unspecified atom stereocenters. The molecule has 208 valence electrons. The third-order valence-corrected chi connectivity index (χ3v) is 7.23. The smallest absolute Gasteiger partial charge is 0.243 e. The standard InChI is InChI=1S/C28H42N6O3S/c1-19(2)18-24(36)33-14-9-12-23(35)29-22(13-17-38-5)28(37)30-25(20(3)4)27-31-26(32-34(27)16-15-33)21-10-7-6-8-11-21/h6-8,10-11,19-20,22,25H,9,12-18H2,1-5H3,(H,29,35)(H,30,37)/t22-,25+/m0/s1. The fourth-order valence-electron chi connectivity index (χ4n) is 4.50. The van der Waals surface area contributed by atoms with Crippen LogP contribution in [0, 0.1) is 11.8 Å². The highest BCUT2D eigenvalue weighted by Gasteiger charge is 2.30. The van der Waals surface area contributed by atoms with Crippen molar-refractivity contribution in [2.24, 2.45) is 11.8 Å². The number of benzene rings is 1. The van der Waals surface area contributed by atoms with Gasteiger partial charge in [0.1, 0.15) is 6.04 Å². The molecular formula is C28H42N6O3S. The highest BCUT2D eigenvalue weighted by atomic mass is 32.2. The van der Waals surface area contributed by atoms with Crippen molar-refractivity contribution < 1.29 is 14.4 Å². The summed E-state index contributed by atoms with van der Waals surface area (Å²) in [7, 11) is 0. The van der Waals surface area contributed by atoms with E-state index in [1.807, 2.05) is 73.9 Å². The number of amides is 3. The Morgan fingerprint density at radius 3 is 2.47 bits per heavy atom. The number of carbonyl (C=O) groups is 3. The molecule has 0 radical (unpaired) electrons. The van der Waals surface area contributed by atoms with Crippen LogP contribution >= 0.6 is 11.8 Å². The van der Waals surface area contributed by atoms with E-state index in [1.54, 1.807) is 11.8 Å². The van der Waals surface area contributed by atoms with E-state index >= 15 is 0 Å². The van der Waals surface area contributed by atoms with E-state index in [0.29, 0.717) is 50.5 Å². The van der Waals surface area contributed by atoms with Crippen LogP contribution in [0.3, 0.4) is 0 Å². The molecule has 38 heavy (non-hydrogen) atoms. The van der Waals surface area contributed by atoms with E-state index in [9.17, 15) is 14.4 Å². The number of aromatic nitrogens is 3. The topological polar surface area (TPSA) is 109 Å². The highest BCUT2D eigenvalue weighted by Crippen LogP contribution is 2.25. The Morgan fingerprint density at radius 2 is 1.82 bits per heavy atom. The fraction of sp³-hybridized carbons (Fsp3) is 0.607.